The van der Waals surface area contributed by atoms with Crippen LogP contribution in [0.2, 0.25) is 0 Å². The van der Waals surface area contributed by atoms with E-state index in [0.717, 1.165) is 55.1 Å². The molecular weight excluding hydrogens is 494 g/mol. The van der Waals surface area contributed by atoms with Crippen molar-refractivity contribution in [2.45, 2.75) is 26.9 Å². The van der Waals surface area contributed by atoms with Crippen LogP contribution in [0.1, 0.15) is 28.1 Å². The van der Waals surface area contributed by atoms with Crippen molar-refractivity contribution < 1.29 is 9.15 Å². The van der Waals surface area contributed by atoms with E-state index in [-0.39, 0.29) is 0 Å². The maximum absolute atomic E-state index is 6.16. The van der Waals surface area contributed by atoms with Crippen molar-refractivity contribution in [3.05, 3.63) is 107 Å². The summed E-state index contributed by atoms with van der Waals surface area (Å²) in [5.74, 6) is 2.64. The molecule has 0 N–H and O–H groups in total. The Morgan fingerprint density at radius 3 is 2.68 bits per heavy atom. The van der Waals surface area contributed by atoms with E-state index in [1.165, 1.54) is 5.56 Å². The standard InChI is InChI=1S/C30H23N5O2S/c1-18-14-19(2)32-30-25(18)26-27(38-30)29-33-28(34-35(29)17-31-26)24-13-12-22(37-24)16-36-23-11-7-6-10-21(23)15-20-8-4-3-5-9-20/h3-14,17H,15-16H2,1-2H3. The minimum Gasteiger partial charge on any atom is -0.485 e. The summed E-state index contributed by atoms with van der Waals surface area (Å²) in [5, 5.41) is 5.71. The number of hydrogen-bond donors (Lipinski definition) is 0. The Kier molecular flexibility index (Phi) is 5.40. The molecule has 0 bridgehead atoms. The van der Waals surface area contributed by atoms with E-state index in [9.17, 15) is 0 Å². The molecule has 7 nitrogen and oxygen atoms in total. The van der Waals surface area contributed by atoms with Crippen molar-refractivity contribution in [1.29, 1.82) is 0 Å². The summed E-state index contributed by atoms with van der Waals surface area (Å²) in [6.45, 7) is 4.41. The van der Waals surface area contributed by atoms with Gasteiger partial charge in [-0.3, -0.25) is 0 Å². The van der Waals surface area contributed by atoms with Crippen molar-refractivity contribution in [2.24, 2.45) is 0 Å². The Morgan fingerprint density at radius 1 is 0.947 bits per heavy atom. The van der Waals surface area contributed by atoms with Crippen LogP contribution in [-0.4, -0.2) is 24.6 Å². The molecule has 0 spiro atoms. The molecular formula is C30H23N5O2S. The number of aromatic nitrogens is 5. The molecule has 0 radical (unpaired) electrons. The average Bonchev–Trinajstić information content (AvgIpc) is 3.65. The third-order valence-electron chi connectivity index (χ3n) is 6.55. The van der Waals surface area contributed by atoms with Gasteiger partial charge in [-0.25, -0.2) is 19.5 Å². The maximum Gasteiger partial charge on any atom is 0.218 e. The van der Waals surface area contributed by atoms with Crippen molar-refractivity contribution in [3.8, 4) is 17.3 Å². The molecule has 0 aliphatic heterocycles. The first-order valence-electron chi connectivity index (χ1n) is 12.4. The second-order valence-corrected chi connectivity index (χ2v) is 10.3. The van der Waals surface area contributed by atoms with E-state index in [1.54, 1.807) is 22.2 Å². The first kappa shape index (κ1) is 22.6. The molecule has 0 fully saturated rings. The molecule has 0 atom stereocenters. The molecule has 0 aliphatic carbocycles. The quantitative estimate of drug-likeness (QED) is 0.238. The summed E-state index contributed by atoms with van der Waals surface area (Å²) in [7, 11) is 0. The second-order valence-electron chi connectivity index (χ2n) is 9.31. The van der Waals surface area contributed by atoms with Gasteiger partial charge in [-0.15, -0.1) is 16.4 Å². The molecule has 7 rings (SSSR count). The highest BCUT2D eigenvalue weighted by Crippen LogP contribution is 2.36. The smallest absolute Gasteiger partial charge is 0.218 e. The van der Waals surface area contributed by atoms with Crippen LogP contribution >= 0.6 is 11.3 Å². The van der Waals surface area contributed by atoms with Gasteiger partial charge >= 0.3 is 0 Å². The number of thiophene rings is 1. The second kappa shape index (κ2) is 9.08. The van der Waals surface area contributed by atoms with E-state index >= 15 is 0 Å². The van der Waals surface area contributed by atoms with Crippen LogP contribution in [0.3, 0.4) is 0 Å². The largest absolute Gasteiger partial charge is 0.485 e. The van der Waals surface area contributed by atoms with Gasteiger partial charge in [0, 0.05) is 17.5 Å². The predicted octanol–water partition coefficient (Wildman–Crippen LogP) is 6.93. The summed E-state index contributed by atoms with van der Waals surface area (Å²) < 4.78 is 14.9. The number of nitrogens with zero attached hydrogens (tertiary/aromatic N) is 5. The van der Waals surface area contributed by atoms with Crippen LogP contribution < -0.4 is 4.74 Å². The fraction of sp³-hybridized carbons (Fsp3) is 0.133. The number of aryl methyl sites for hydroxylation is 2. The van der Waals surface area contributed by atoms with Gasteiger partial charge in [0.05, 0.1) is 5.52 Å². The molecule has 8 heteroatoms. The summed E-state index contributed by atoms with van der Waals surface area (Å²) >= 11 is 1.59. The lowest BCUT2D eigenvalue weighted by Gasteiger charge is -2.10. The Bertz CT molecular complexity index is 1940. The lowest BCUT2D eigenvalue weighted by Crippen LogP contribution is -1.98. The summed E-state index contributed by atoms with van der Waals surface area (Å²) in [4.78, 5) is 15.2. The Labute approximate surface area is 222 Å². The molecule has 2 aromatic carbocycles. The van der Waals surface area contributed by atoms with E-state index in [0.29, 0.717) is 24.0 Å². The summed E-state index contributed by atoms with van der Waals surface area (Å²) in [6, 6.07) is 24.4. The third-order valence-corrected chi connectivity index (χ3v) is 7.62. The SMILES string of the molecule is Cc1cc(C)c2c(n1)sc1c2ncn2nc(-c3ccc(COc4ccccc4Cc4ccccc4)o3)nc12. The number of fused-ring (bicyclic) bond motifs is 5. The van der Waals surface area contributed by atoms with Crippen LogP contribution in [0, 0.1) is 13.8 Å². The van der Waals surface area contributed by atoms with Gasteiger partial charge < -0.3 is 9.15 Å². The first-order valence-corrected chi connectivity index (χ1v) is 13.2. The number of pyridine rings is 1. The van der Waals surface area contributed by atoms with Gasteiger partial charge in [0.15, 0.2) is 11.4 Å². The molecule has 0 amide bonds. The Morgan fingerprint density at radius 2 is 1.79 bits per heavy atom. The minimum absolute atomic E-state index is 0.311. The number of rotatable bonds is 6. The number of furan rings is 1. The molecule has 0 aliphatic rings. The summed E-state index contributed by atoms with van der Waals surface area (Å²) in [6.07, 6.45) is 2.51. The van der Waals surface area contributed by atoms with Gasteiger partial charge in [-0.1, -0.05) is 48.5 Å². The molecule has 7 aromatic rings. The van der Waals surface area contributed by atoms with Gasteiger partial charge in [0.25, 0.3) is 0 Å². The normalized spacial score (nSPS) is 11.6. The third kappa shape index (κ3) is 3.99. The van der Waals surface area contributed by atoms with Crippen LogP contribution in [0.4, 0.5) is 0 Å². The van der Waals surface area contributed by atoms with E-state index < -0.39 is 0 Å². The van der Waals surface area contributed by atoms with E-state index in [4.69, 9.17) is 19.1 Å². The molecule has 38 heavy (non-hydrogen) atoms. The topological polar surface area (TPSA) is 78.3 Å². The van der Waals surface area contributed by atoms with Crippen LogP contribution in [-0.2, 0) is 13.0 Å². The zero-order chi connectivity index (χ0) is 25.6. The molecule has 186 valence electrons. The fourth-order valence-electron chi connectivity index (χ4n) is 4.80. The number of hydrogen-bond acceptors (Lipinski definition) is 7. The highest BCUT2D eigenvalue weighted by atomic mass is 32.1. The first-order chi connectivity index (χ1) is 18.6. The van der Waals surface area contributed by atoms with E-state index in [1.807, 2.05) is 43.3 Å². The maximum atomic E-state index is 6.16. The van der Waals surface area contributed by atoms with Crippen molar-refractivity contribution in [1.82, 2.24) is 24.6 Å². The highest BCUT2D eigenvalue weighted by Gasteiger charge is 2.18. The minimum atomic E-state index is 0.311. The van der Waals surface area contributed by atoms with Crippen molar-refractivity contribution >= 4 is 37.4 Å². The van der Waals surface area contributed by atoms with Gasteiger partial charge in [-0.05, 0) is 54.8 Å². The fourth-order valence-corrected chi connectivity index (χ4v) is 6.03. The van der Waals surface area contributed by atoms with Gasteiger partial charge in [0.1, 0.15) is 34.0 Å². The zero-order valence-electron chi connectivity index (χ0n) is 20.9. The number of ether oxygens (including phenoxy) is 1. The molecule has 0 saturated carbocycles. The molecule has 0 unspecified atom stereocenters. The molecule has 5 heterocycles. The van der Waals surface area contributed by atoms with E-state index in [2.05, 4.69) is 53.4 Å². The van der Waals surface area contributed by atoms with Gasteiger partial charge in [-0.2, -0.15) is 0 Å². The Balaban J connectivity index is 1.16. The van der Waals surface area contributed by atoms with Crippen LogP contribution in [0.15, 0.2) is 83.5 Å². The monoisotopic (exact) mass is 517 g/mol. The number of benzene rings is 2. The predicted molar refractivity (Wildman–Crippen MR) is 149 cm³/mol. The van der Waals surface area contributed by atoms with Crippen LogP contribution in [0.5, 0.6) is 5.75 Å². The van der Waals surface area contributed by atoms with Gasteiger partial charge in [0.2, 0.25) is 5.82 Å². The Hall–Kier alpha value is -4.56. The van der Waals surface area contributed by atoms with Crippen molar-refractivity contribution in [2.75, 3.05) is 0 Å². The zero-order valence-corrected chi connectivity index (χ0v) is 21.7. The lowest BCUT2D eigenvalue weighted by atomic mass is 10.0. The van der Waals surface area contributed by atoms with Crippen LogP contribution in [0.25, 0.3) is 37.7 Å². The molecule has 5 aromatic heterocycles. The number of para-hydroxylation sites is 1. The highest BCUT2D eigenvalue weighted by molar-refractivity contribution is 7.26. The summed E-state index contributed by atoms with van der Waals surface area (Å²) in [5.41, 5.74) is 6.18. The average molecular weight is 518 g/mol. The molecule has 0 saturated heterocycles. The van der Waals surface area contributed by atoms with Crippen molar-refractivity contribution in [3.63, 3.8) is 0 Å². The lowest BCUT2D eigenvalue weighted by molar-refractivity contribution is 0.269.